The summed E-state index contributed by atoms with van der Waals surface area (Å²) in [5.41, 5.74) is 2.09. The highest BCUT2D eigenvalue weighted by Gasteiger charge is 2.29. The SMILES string of the molecule is COc1cc(CNC(=O)C[NH+]2CCc3sccc3[C@H]2C)ccc1OC(F)F. The Labute approximate surface area is 160 Å². The molecular weight excluding hydrogens is 374 g/mol. The van der Waals surface area contributed by atoms with E-state index in [0.717, 1.165) is 18.5 Å². The highest BCUT2D eigenvalue weighted by atomic mass is 32.1. The topological polar surface area (TPSA) is 52.0 Å². The smallest absolute Gasteiger partial charge is 0.387 e. The molecule has 2 aromatic rings. The van der Waals surface area contributed by atoms with Gasteiger partial charge in [-0.3, -0.25) is 4.79 Å². The van der Waals surface area contributed by atoms with Gasteiger partial charge in [-0.1, -0.05) is 6.07 Å². The van der Waals surface area contributed by atoms with Gasteiger partial charge in [-0.2, -0.15) is 8.78 Å². The van der Waals surface area contributed by atoms with Crippen molar-refractivity contribution in [3.63, 3.8) is 0 Å². The Morgan fingerprint density at radius 3 is 2.93 bits per heavy atom. The molecule has 1 aliphatic rings. The van der Waals surface area contributed by atoms with E-state index in [9.17, 15) is 13.6 Å². The number of amides is 1. The number of alkyl halides is 2. The summed E-state index contributed by atoms with van der Waals surface area (Å²) in [5.74, 6) is 0.144. The van der Waals surface area contributed by atoms with Crippen molar-refractivity contribution in [3.05, 3.63) is 45.6 Å². The van der Waals surface area contributed by atoms with Crippen LogP contribution in [0.15, 0.2) is 29.6 Å². The van der Waals surface area contributed by atoms with Gasteiger partial charge in [0.1, 0.15) is 6.04 Å². The molecule has 0 spiro atoms. The van der Waals surface area contributed by atoms with Gasteiger partial charge in [0.15, 0.2) is 18.0 Å². The van der Waals surface area contributed by atoms with Crippen molar-refractivity contribution in [2.45, 2.75) is 32.5 Å². The lowest BCUT2D eigenvalue weighted by Crippen LogP contribution is -3.14. The van der Waals surface area contributed by atoms with Crippen LogP contribution in [0.1, 0.15) is 29.0 Å². The molecule has 0 fully saturated rings. The maximum Gasteiger partial charge on any atom is 0.387 e. The minimum Gasteiger partial charge on any atom is -0.493 e. The fourth-order valence-electron chi connectivity index (χ4n) is 3.38. The molecular formula is C19H23F2N2O3S+. The van der Waals surface area contributed by atoms with Crippen LogP contribution < -0.4 is 19.7 Å². The lowest BCUT2D eigenvalue weighted by molar-refractivity contribution is -0.924. The molecule has 5 nitrogen and oxygen atoms in total. The van der Waals surface area contributed by atoms with Gasteiger partial charge in [0, 0.05) is 23.4 Å². The standard InChI is InChI=1S/C19H22F2N2O3S/c1-12-14-6-8-27-17(14)5-7-23(12)11-18(24)22-10-13-3-4-15(26-19(20)21)16(9-13)25-2/h3-4,6,8-9,12,19H,5,7,10-11H2,1-2H3,(H,22,24)/p+1/t12-/m1/s1. The van der Waals surface area contributed by atoms with Crippen LogP contribution in [0.25, 0.3) is 0 Å². The van der Waals surface area contributed by atoms with Crippen molar-refractivity contribution in [1.29, 1.82) is 0 Å². The predicted molar refractivity (Wildman–Crippen MR) is 98.6 cm³/mol. The number of hydrogen-bond donors (Lipinski definition) is 2. The molecule has 1 aromatic heterocycles. The lowest BCUT2D eigenvalue weighted by atomic mass is 10.0. The monoisotopic (exact) mass is 397 g/mol. The summed E-state index contributed by atoms with van der Waals surface area (Å²) in [6.07, 6.45) is 1.00. The Morgan fingerprint density at radius 2 is 2.19 bits per heavy atom. The molecule has 0 bridgehead atoms. The molecule has 2 N–H and O–H groups in total. The Hall–Kier alpha value is -2.19. The maximum atomic E-state index is 12.4. The second-order valence-corrected chi connectivity index (χ2v) is 7.50. The molecule has 1 aliphatic heterocycles. The van der Waals surface area contributed by atoms with E-state index in [1.54, 1.807) is 23.5 Å². The molecule has 0 radical (unpaired) electrons. The first kappa shape index (κ1) is 19.6. The van der Waals surface area contributed by atoms with Crippen LogP contribution in [0.5, 0.6) is 11.5 Å². The Balaban J connectivity index is 1.55. The van der Waals surface area contributed by atoms with E-state index in [4.69, 9.17) is 4.74 Å². The predicted octanol–water partition coefficient (Wildman–Crippen LogP) is 2.18. The van der Waals surface area contributed by atoms with Crippen LogP contribution >= 0.6 is 11.3 Å². The summed E-state index contributed by atoms with van der Waals surface area (Å²) in [7, 11) is 1.38. The van der Waals surface area contributed by atoms with Crippen LogP contribution in [0, 0.1) is 0 Å². The molecule has 0 saturated heterocycles. The second kappa shape index (κ2) is 8.67. The minimum absolute atomic E-state index is 0.0271. The molecule has 2 heterocycles. The van der Waals surface area contributed by atoms with Gasteiger partial charge in [0.05, 0.1) is 13.7 Å². The number of quaternary nitrogens is 1. The van der Waals surface area contributed by atoms with E-state index < -0.39 is 6.61 Å². The highest BCUT2D eigenvalue weighted by Crippen LogP contribution is 2.29. The summed E-state index contributed by atoms with van der Waals surface area (Å²) in [4.78, 5) is 15.0. The van der Waals surface area contributed by atoms with Gasteiger partial charge in [0.25, 0.3) is 5.91 Å². The van der Waals surface area contributed by atoms with E-state index in [-0.39, 0.29) is 17.4 Å². The highest BCUT2D eigenvalue weighted by molar-refractivity contribution is 7.10. The zero-order valence-electron chi connectivity index (χ0n) is 15.3. The van der Waals surface area contributed by atoms with Crippen molar-refractivity contribution in [3.8, 4) is 11.5 Å². The minimum atomic E-state index is -2.91. The molecule has 27 heavy (non-hydrogen) atoms. The van der Waals surface area contributed by atoms with E-state index in [2.05, 4.69) is 28.4 Å². The number of carbonyl (C=O) groups is 1. The molecule has 1 amide bonds. The van der Waals surface area contributed by atoms with Crippen LogP contribution in [-0.4, -0.2) is 32.7 Å². The van der Waals surface area contributed by atoms with Crippen molar-refractivity contribution in [1.82, 2.24) is 5.32 Å². The number of ether oxygens (including phenoxy) is 2. The average molecular weight is 397 g/mol. The summed E-state index contributed by atoms with van der Waals surface area (Å²) in [5, 5.41) is 5.00. The Bertz CT molecular complexity index is 797. The second-order valence-electron chi connectivity index (χ2n) is 6.50. The fourth-order valence-corrected chi connectivity index (χ4v) is 4.36. The molecule has 3 rings (SSSR count). The third kappa shape index (κ3) is 4.75. The number of fused-ring (bicyclic) bond motifs is 1. The summed E-state index contributed by atoms with van der Waals surface area (Å²) in [6, 6.07) is 7.09. The van der Waals surface area contributed by atoms with Crippen molar-refractivity contribution < 1.29 is 27.9 Å². The first-order chi connectivity index (χ1) is 13.0. The van der Waals surface area contributed by atoms with Crippen LogP contribution in [0.2, 0.25) is 0 Å². The summed E-state index contributed by atoms with van der Waals surface area (Å²) < 4.78 is 34.2. The number of benzene rings is 1. The van der Waals surface area contributed by atoms with Gasteiger partial charge in [0.2, 0.25) is 0 Å². The first-order valence-corrected chi connectivity index (χ1v) is 9.65. The number of methoxy groups -OCH3 is 1. The first-order valence-electron chi connectivity index (χ1n) is 8.77. The van der Waals surface area contributed by atoms with Gasteiger partial charge in [-0.15, -0.1) is 11.3 Å². The maximum absolute atomic E-state index is 12.4. The van der Waals surface area contributed by atoms with Gasteiger partial charge >= 0.3 is 6.61 Å². The third-order valence-electron chi connectivity index (χ3n) is 4.85. The zero-order valence-corrected chi connectivity index (χ0v) is 16.1. The quantitative estimate of drug-likeness (QED) is 0.753. The molecule has 1 unspecified atom stereocenters. The van der Waals surface area contributed by atoms with E-state index >= 15 is 0 Å². The van der Waals surface area contributed by atoms with Gasteiger partial charge < -0.3 is 19.7 Å². The fraction of sp³-hybridized carbons (Fsp3) is 0.421. The molecule has 2 atom stereocenters. The van der Waals surface area contributed by atoms with E-state index in [1.807, 2.05) is 0 Å². The van der Waals surface area contributed by atoms with Gasteiger partial charge in [-0.25, -0.2) is 0 Å². The molecule has 0 aliphatic carbocycles. The molecule has 146 valence electrons. The lowest BCUT2D eigenvalue weighted by Gasteiger charge is -2.29. The number of halogens is 2. The number of nitrogens with one attached hydrogen (secondary N) is 2. The van der Waals surface area contributed by atoms with Crippen LogP contribution in [0.4, 0.5) is 8.78 Å². The number of hydrogen-bond acceptors (Lipinski definition) is 4. The number of rotatable bonds is 7. The Morgan fingerprint density at radius 1 is 1.37 bits per heavy atom. The van der Waals surface area contributed by atoms with Crippen molar-refractivity contribution in [2.75, 3.05) is 20.2 Å². The zero-order chi connectivity index (χ0) is 19.4. The summed E-state index contributed by atoms with van der Waals surface area (Å²) >= 11 is 1.78. The largest absolute Gasteiger partial charge is 0.493 e. The molecule has 8 heteroatoms. The molecule has 0 saturated carbocycles. The normalized spacial score (nSPS) is 18.9. The summed E-state index contributed by atoms with van der Waals surface area (Å²) in [6.45, 7) is 0.883. The molecule has 1 aromatic carbocycles. The average Bonchev–Trinajstić information content (AvgIpc) is 3.12. The number of thiophene rings is 1. The van der Waals surface area contributed by atoms with Crippen LogP contribution in [-0.2, 0) is 17.8 Å². The third-order valence-corrected chi connectivity index (χ3v) is 5.85. The van der Waals surface area contributed by atoms with E-state index in [1.165, 1.54) is 28.5 Å². The van der Waals surface area contributed by atoms with E-state index in [0.29, 0.717) is 19.1 Å². The van der Waals surface area contributed by atoms with Crippen LogP contribution in [0.3, 0.4) is 0 Å². The van der Waals surface area contributed by atoms with Crippen molar-refractivity contribution in [2.24, 2.45) is 0 Å². The number of carbonyl (C=O) groups excluding carboxylic acids is 1. The van der Waals surface area contributed by atoms with Crippen molar-refractivity contribution >= 4 is 17.2 Å². The van der Waals surface area contributed by atoms with Gasteiger partial charge in [-0.05, 0) is 36.1 Å². The Kier molecular flexibility index (Phi) is 6.28.